The summed E-state index contributed by atoms with van der Waals surface area (Å²) in [5, 5.41) is 11.9. The van der Waals surface area contributed by atoms with E-state index in [4.69, 9.17) is 0 Å². The Morgan fingerprint density at radius 3 is 2.57 bits per heavy atom. The fourth-order valence-corrected chi connectivity index (χ4v) is 3.38. The van der Waals surface area contributed by atoms with Crippen molar-refractivity contribution in [3.63, 3.8) is 0 Å². The summed E-state index contributed by atoms with van der Waals surface area (Å²) in [4.78, 5) is 38.7. The normalized spacial score (nSPS) is 28.3. The van der Waals surface area contributed by atoms with E-state index in [9.17, 15) is 19.5 Å². The molecule has 7 heteroatoms. The quantitative estimate of drug-likeness (QED) is 0.790. The first-order valence-corrected chi connectivity index (χ1v) is 7.43. The zero-order valence-electron chi connectivity index (χ0n) is 12.7. The maximum atomic E-state index is 12.4. The van der Waals surface area contributed by atoms with Gasteiger partial charge in [-0.15, -0.1) is 0 Å². The minimum atomic E-state index is -0.838. The van der Waals surface area contributed by atoms with Crippen LogP contribution in [0.3, 0.4) is 0 Å². The summed E-state index contributed by atoms with van der Waals surface area (Å²) in [6, 6.07) is -1.18. The van der Waals surface area contributed by atoms with Gasteiger partial charge in [0, 0.05) is 25.7 Å². The lowest BCUT2D eigenvalue weighted by Crippen LogP contribution is -2.51. The Morgan fingerprint density at radius 2 is 2.05 bits per heavy atom. The molecule has 2 bridgehead atoms. The van der Waals surface area contributed by atoms with E-state index in [-0.39, 0.29) is 24.0 Å². The molecule has 0 aromatic heterocycles. The number of urea groups is 1. The van der Waals surface area contributed by atoms with Crippen molar-refractivity contribution in [2.75, 3.05) is 13.6 Å². The van der Waals surface area contributed by atoms with Gasteiger partial charge in [-0.05, 0) is 33.1 Å². The largest absolute Gasteiger partial charge is 0.481 e. The second-order valence-electron chi connectivity index (χ2n) is 5.91. The van der Waals surface area contributed by atoms with E-state index in [0.717, 1.165) is 12.8 Å². The van der Waals surface area contributed by atoms with Crippen LogP contribution in [0.5, 0.6) is 0 Å². The lowest BCUT2D eigenvalue weighted by Gasteiger charge is -2.27. The highest BCUT2D eigenvalue weighted by Gasteiger charge is 2.51. The van der Waals surface area contributed by atoms with Crippen molar-refractivity contribution in [2.45, 2.75) is 51.2 Å². The summed E-state index contributed by atoms with van der Waals surface area (Å²) >= 11 is 0. The molecule has 2 saturated heterocycles. The second kappa shape index (κ2) is 5.91. The second-order valence-corrected chi connectivity index (χ2v) is 5.91. The van der Waals surface area contributed by atoms with Gasteiger partial charge < -0.3 is 20.2 Å². The molecule has 2 aliphatic rings. The predicted octanol–water partition coefficient (Wildman–Crippen LogP) is 0.500. The molecule has 0 saturated carbocycles. The Bertz CT molecular complexity index is 454. The third-order valence-electron chi connectivity index (χ3n) is 4.65. The van der Waals surface area contributed by atoms with Gasteiger partial charge in [0.2, 0.25) is 5.91 Å². The van der Waals surface area contributed by atoms with E-state index in [0.29, 0.717) is 13.0 Å². The third kappa shape index (κ3) is 2.82. The highest BCUT2D eigenvalue weighted by Crippen LogP contribution is 2.41. The average molecular weight is 297 g/mol. The SMILES string of the molecule is CCN(C)C(=O)C(C)NC(=O)N1C2CCC1C(C(=O)O)C2. The third-order valence-corrected chi connectivity index (χ3v) is 4.65. The summed E-state index contributed by atoms with van der Waals surface area (Å²) in [5.41, 5.74) is 0. The number of carboxylic acids is 1. The maximum Gasteiger partial charge on any atom is 0.318 e. The fraction of sp³-hybridized carbons (Fsp3) is 0.786. The number of hydrogen-bond acceptors (Lipinski definition) is 3. The van der Waals surface area contributed by atoms with E-state index in [1.54, 1.807) is 23.8 Å². The van der Waals surface area contributed by atoms with E-state index in [2.05, 4.69) is 5.32 Å². The van der Waals surface area contributed by atoms with E-state index < -0.39 is 17.9 Å². The summed E-state index contributed by atoms with van der Waals surface area (Å²) in [6.45, 7) is 4.10. The van der Waals surface area contributed by atoms with Gasteiger partial charge >= 0.3 is 12.0 Å². The standard InChI is InChI=1S/C14H23N3O4/c1-4-16(3)12(18)8(2)15-14(21)17-9-5-6-11(17)10(7-9)13(19)20/h8-11H,4-7H2,1-3H3,(H,15,21)(H,19,20). The number of rotatable bonds is 4. The lowest BCUT2D eigenvalue weighted by molar-refractivity contribution is -0.142. The molecule has 2 heterocycles. The molecule has 0 radical (unpaired) electrons. The van der Waals surface area contributed by atoms with Crippen LogP contribution in [0, 0.1) is 5.92 Å². The molecule has 0 aliphatic carbocycles. The minimum absolute atomic E-state index is 0.0118. The lowest BCUT2D eigenvalue weighted by atomic mass is 9.89. The number of carbonyl (C=O) groups is 3. The van der Waals surface area contributed by atoms with Crippen LogP contribution < -0.4 is 5.32 Å². The predicted molar refractivity (Wildman–Crippen MR) is 75.7 cm³/mol. The summed E-state index contributed by atoms with van der Waals surface area (Å²) in [5.74, 6) is -1.46. The molecular weight excluding hydrogens is 274 g/mol. The summed E-state index contributed by atoms with van der Waals surface area (Å²) in [7, 11) is 1.69. The fourth-order valence-electron chi connectivity index (χ4n) is 3.38. The van der Waals surface area contributed by atoms with Crippen LogP contribution in [0.15, 0.2) is 0 Å². The summed E-state index contributed by atoms with van der Waals surface area (Å²) < 4.78 is 0. The summed E-state index contributed by atoms with van der Waals surface area (Å²) in [6.07, 6.45) is 2.09. The number of nitrogens with zero attached hydrogens (tertiary/aromatic N) is 2. The molecule has 4 atom stereocenters. The van der Waals surface area contributed by atoms with Crippen molar-refractivity contribution in [3.05, 3.63) is 0 Å². The Morgan fingerprint density at radius 1 is 1.38 bits per heavy atom. The van der Waals surface area contributed by atoms with Crippen LogP contribution in [0.25, 0.3) is 0 Å². The minimum Gasteiger partial charge on any atom is -0.481 e. The molecule has 3 amide bonds. The number of carbonyl (C=O) groups excluding carboxylic acids is 2. The molecule has 4 unspecified atom stereocenters. The van der Waals surface area contributed by atoms with E-state index >= 15 is 0 Å². The van der Waals surface area contributed by atoms with Crippen LogP contribution in [-0.4, -0.2) is 64.5 Å². The van der Waals surface area contributed by atoms with Crippen LogP contribution >= 0.6 is 0 Å². The van der Waals surface area contributed by atoms with Gasteiger partial charge in [-0.1, -0.05) is 0 Å². The van der Waals surface area contributed by atoms with Gasteiger partial charge in [0.25, 0.3) is 0 Å². The molecule has 2 N–H and O–H groups in total. The van der Waals surface area contributed by atoms with Crippen LogP contribution in [0.1, 0.15) is 33.1 Å². The number of carboxylic acid groups (broad SMARTS) is 1. The highest BCUT2D eigenvalue weighted by molar-refractivity contribution is 5.87. The van der Waals surface area contributed by atoms with Gasteiger partial charge in [-0.2, -0.15) is 0 Å². The number of likely N-dealkylation sites (N-methyl/N-ethyl adjacent to an activating group) is 1. The number of nitrogens with one attached hydrogen (secondary N) is 1. The molecule has 2 aliphatic heterocycles. The smallest absolute Gasteiger partial charge is 0.318 e. The first kappa shape index (κ1) is 15.6. The van der Waals surface area contributed by atoms with Crippen molar-refractivity contribution in [2.24, 2.45) is 5.92 Å². The highest BCUT2D eigenvalue weighted by atomic mass is 16.4. The Hall–Kier alpha value is -1.79. The van der Waals surface area contributed by atoms with E-state index in [1.165, 1.54) is 0 Å². The molecule has 2 fully saturated rings. The molecule has 0 spiro atoms. The molecule has 0 aromatic rings. The number of amides is 3. The van der Waals surface area contributed by atoms with Gasteiger partial charge in [0.05, 0.1) is 5.92 Å². The van der Waals surface area contributed by atoms with Crippen molar-refractivity contribution >= 4 is 17.9 Å². The van der Waals surface area contributed by atoms with Crippen molar-refractivity contribution < 1.29 is 19.5 Å². The maximum absolute atomic E-state index is 12.4. The van der Waals surface area contributed by atoms with Crippen LogP contribution in [0.2, 0.25) is 0 Å². The van der Waals surface area contributed by atoms with E-state index in [1.807, 2.05) is 6.92 Å². The molecule has 2 rings (SSSR count). The van der Waals surface area contributed by atoms with Gasteiger partial charge in [-0.3, -0.25) is 9.59 Å². The topological polar surface area (TPSA) is 90.0 Å². The first-order chi connectivity index (χ1) is 9.86. The zero-order chi connectivity index (χ0) is 15.7. The first-order valence-electron chi connectivity index (χ1n) is 7.43. The molecular formula is C14H23N3O4. The Labute approximate surface area is 124 Å². The molecule has 21 heavy (non-hydrogen) atoms. The molecule has 118 valence electrons. The van der Waals surface area contributed by atoms with Gasteiger partial charge in [-0.25, -0.2) is 4.79 Å². The Kier molecular flexibility index (Phi) is 4.39. The molecule has 0 aromatic carbocycles. The number of hydrogen-bond donors (Lipinski definition) is 2. The zero-order valence-corrected chi connectivity index (χ0v) is 12.7. The van der Waals surface area contributed by atoms with Crippen molar-refractivity contribution in [1.82, 2.24) is 15.1 Å². The van der Waals surface area contributed by atoms with Crippen molar-refractivity contribution in [1.29, 1.82) is 0 Å². The molecule has 7 nitrogen and oxygen atoms in total. The number of fused-ring (bicyclic) bond motifs is 2. The average Bonchev–Trinajstić information content (AvgIpc) is 3.03. The Balaban J connectivity index is 1.98. The van der Waals surface area contributed by atoms with Crippen LogP contribution in [-0.2, 0) is 9.59 Å². The van der Waals surface area contributed by atoms with Gasteiger partial charge in [0.1, 0.15) is 6.04 Å². The van der Waals surface area contributed by atoms with Crippen molar-refractivity contribution in [3.8, 4) is 0 Å². The monoisotopic (exact) mass is 297 g/mol. The number of aliphatic carboxylic acids is 1. The van der Waals surface area contributed by atoms with Crippen LogP contribution in [0.4, 0.5) is 4.79 Å². The van der Waals surface area contributed by atoms with Gasteiger partial charge in [0.15, 0.2) is 0 Å².